The van der Waals surface area contributed by atoms with Crippen molar-refractivity contribution in [2.45, 2.75) is 31.7 Å². The maximum Gasteiger partial charge on any atom is 0.326 e. The van der Waals surface area contributed by atoms with Crippen molar-refractivity contribution in [1.29, 1.82) is 0 Å². The zero-order valence-corrected chi connectivity index (χ0v) is 12.3. The minimum absolute atomic E-state index is 0.111. The molecule has 6 heteroatoms. The van der Waals surface area contributed by atoms with Gasteiger partial charge in [-0.05, 0) is 48.7 Å². The fraction of sp³-hybridized carbons (Fsp3) is 0.833. The van der Waals surface area contributed by atoms with E-state index in [1.165, 1.54) is 0 Å². The number of carboxylic acids is 1. The highest BCUT2D eigenvalue weighted by atomic mass is 32.2. The van der Waals surface area contributed by atoms with Crippen molar-refractivity contribution in [3.63, 3.8) is 0 Å². The van der Waals surface area contributed by atoms with Crippen LogP contribution in [-0.2, 0) is 9.59 Å². The van der Waals surface area contributed by atoms with Crippen LogP contribution in [-0.4, -0.2) is 46.5 Å². The molecule has 0 aromatic rings. The second kappa shape index (κ2) is 8.69. The van der Waals surface area contributed by atoms with Gasteiger partial charge < -0.3 is 10.4 Å². The van der Waals surface area contributed by atoms with E-state index in [-0.39, 0.29) is 5.91 Å². The molecule has 0 aliphatic carbocycles. The SMILES string of the molecule is CSCCC(NC(=O)CC1CCSCC1)C(=O)O. The number of aliphatic carboxylic acids is 1. The summed E-state index contributed by atoms with van der Waals surface area (Å²) >= 11 is 3.52. The number of carbonyl (C=O) groups is 2. The van der Waals surface area contributed by atoms with E-state index < -0.39 is 12.0 Å². The summed E-state index contributed by atoms with van der Waals surface area (Å²) in [5, 5.41) is 11.7. The smallest absolute Gasteiger partial charge is 0.326 e. The first kappa shape index (κ1) is 15.7. The number of carboxylic acid groups (broad SMARTS) is 1. The minimum Gasteiger partial charge on any atom is -0.480 e. The Bertz CT molecular complexity index is 280. The molecule has 1 amide bonds. The van der Waals surface area contributed by atoms with Crippen molar-refractivity contribution in [2.75, 3.05) is 23.5 Å². The second-order valence-electron chi connectivity index (χ2n) is 4.50. The predicted molar refractivity (Wildman–Crippen MR) is 77.2 cm³/mol. The van der Waals surface area contributed by atoms with Crippen LogP contribution in [0.4, 0.5) is 0 Å². The van der Waals surface area contributed by atoms with E-state index in [4.69, 9.17) is 5.11 Å². The molecule has 4 nitrogen and oxygen atoms in total. The number of amides is 1. The quantitative estimate of drug-likeness (QED) is 0.749. The Morgan fingerprint density at radius 2 is 2.11 bits per heavy atom. The number of hydrogen-bond donors (Lipinski definition) is 2. The first-order valence-electron chi connectivity index (χ1n) is 6.22. The monoisotopic (exact) mass is 291 g/mol. The summed E-state index contributed by atoms with van der Waals surface area (Å²) in [5.74, 6) is 2.37. The van der Waals surface area contributed by atoms with Gasteiger partial charge in [0.15, 0.2) is 0 Å². The zero-order chi connectivity index (χ0) is 13.4. The highest BCUT2D eigenvalue weighted by Crippen LogP contribution is 2.25. The van der Waals surface area contributed by atoms with Gasteiger partial charge in [-0.3, -0.25) is 4.79 Å². The Hall–Kier alpha value is -0.360. The standard InChI is InChI=1S/C12H21NO3S2/c1-17-5-4-10(12(15)16)13-11(14)8-9-2-6-18-7-3-9/h9-10H,2-8H2,1H3,(H,13,14)(H,15,16). The van der Waals surface area contributed by atoms with Gasteiger partial charge in [-0.15, -0.1) is 0 Å². The van der Waals surface area contributed by atoms with E-state index in [2.05, 4.69) is 5.32 Å². The molecule has 1 unspecified atom stereocenters. The first-order chi connectivity index (χ1) is 8.63. The Kier molecular flexibility index (Phi) is 7.58. The van der Waals surface area contributed by atoms with E-state index in [0.717, 1.165) is 30.1 Å². The summed E-state index contributed by atoms with van der Waals surface area (Å²) in [4.78, 5) is 22.8. The number of rotatable bonds is 7. The van der Waals surface area contributed by atoms with Crippen LogP contribution in [0, 0.1) is 5.92 Å². The second-order valence-corrected chi connectivity index (χ2v) is 6.71. The lowest BCUT2D eigenvalue weighted by molar-refractivity contribution is -0.142. The van der Waals surface area contributed by atoms with Crippen molar-refractivity contribution in [3.8, 4) is 0 Å². The fourth-order valence-corrected chi connectivity index (χ4v) is 3.63. The topological polar surface area (TPSA) is 66.4 Å². The number of thioether (sulfide) groups is 2. The number of carbonyl (C=O) groups excluding carboxylic acids is 1. The van der Waals surface area contributed by atoms with Crippen molar-refractivity contribution >= 4 is 35.4 Å². The maximum atomic E-state index is 11.8. The third-order valence-electron chi connectivity index (χ3n) is 3.06. The molecule has 0 aromatic carbocycles. The van der Waals surface area contributed by atoms with Gasteiger partial charge in [0.1, 0.15) is 6.04 Å². The number of hydrogen-bond acceptors (Lipinski definition) is 4. The summed E-state index contributed by atoms with van der Waals surface area (Å²) in [6.45, 7) is 0. The lowest BCUT2D eigenvalue weighted by Gasteiger charge is -2.22. The van der Waals surface area contributed by atoms with Gasteiger partial charge in [-0.2, -0.15) is 23.5 Å². The molecule has 1 fully saturated rings. The molecule has 104 valence electrons. The Balaban J connectivity index is 2.32. The molecule has 0 saturated carbocycles. The lowest BCUT2D eigenvalue weighted by Crippen LogP contribution is -2.41. The molecule has 1 rings (SSSR count). The average molecular weight is 291 g/mol. The summed E-state index contributed by atoms with van der Waals surface area (Å²) in [6, 6.07) is -0.733. The van der Waals surface area contributed by atoms with Crippen molar-refractivity contribution in [2.24, 2.45) is 5.92 Å². The van der Waals surface area contributed by atoms with Crippen LogP contribution in [0.1, 0.15) is 25.7 Å². The summed E-state index contributed by atoms with van der Waals surface area (Å²) in [5.41, 5.74) is 0. The molecule has 0 bridgehead atoms. The molecule has 0 radical (unpaired) electrons. The van der Waals surface area contributed by atoms with E-state index in [9.17, 15) is 9.59 Å². The normalized spacial score (nSPS) is 18.3. The van der Waals surface area contributed by atoms with Crippen molar-refractivity contribution in [3.05, 3.63) is 0 Å². The lowest BCUT2D eigenvalue weighted by atomic mass is 9.98. The van der Waals surface area contributed by atoms with Gasteiger partial charge in [0.25, 0.3) is 0 Å². The third kappa shape index (κ3) is 6.00. The molecule has 1 atom stereocenters. The van der Waals surface area contributed by atoms with Crippen LogP contribution in [0.15, 0.2) is 0 Å². The first-order valence-corrected chi connectivity index (χ1v) is 8.77. The van der Waals surface area contributed by atoms with E-state index in [1.54, 1.807) is 11.8 Å². The van der Waals surface area contributed by atoms with Gasteiger partial charge in [0, 0.05) is 6.42 Å². The molecular formula is C12H21NO3S2. The van der Waals surface area contributed by atoms with Gasteiger partial charge in [-0.25, -0.2) is 4.79 Å². The van der Waals surface area contributed by atoms with E-state index in [0.29, 0.717) is 18.8 Å². The molecule has 0 spiro atoms. The Morgan fingerprint density at radius 3 is 2.67 bits per heavy atom. The van der Waals surface area contributed by atoms with Crippen LogP contribution in [0.2, 0.25) is 0 Å². The van der Waals surface area contributed by atoms with Crippen molar-refractivity contribution < 1.29 is 14.7 Å². The maximum absolute atomic E-state index is 11.8. The van der Waals surface area contributed by atoms with Crippen LogP contribution < -0.4 is 5.32 Å². The summed E-state index contributed by atoms with van der Waals surface area (Å²) in [6.07, 6.45) is 5.04. The highest BCUT2D eigenvalue weighted by molar-refractivity contribution is 7.99. The average Bonchev–Trinajstić information content (AvgIpc) is 2.35. The highest BCUT2D eigenvalue weighted by Gasteiger charge is 2.22. The molecule has 0 aromatic heterocycles. The van der Waals surface area contributed by atoms with Gasteiger partial charge in [-0.1, -0.05) is 0 Å². The van der Waals surface area contributed by atoms with E-state index in [1.807, 2.05) is 18.0 Å². The molecule has 1 heterocycles. The van der Waals surface area contributed by atoms with Gasteiger partial charge in [0.05, 0.1) is 0 Å². The van der Waals surface area contributed by atoms with Crippen LogP contribution in [0.3, 0.4) is 0 Å². The molecule has 18 heavy (non-hydrogen) atoms. The largest absolute Gasteiger partial charge is 0.480 e. The van der Waals surface area contributed by atoms with Gasteiger partial charge >= 0.3 is 5.97 Å². The molecule has 1 saturated heterocycles. The summed E-state index contributed by atoms with van der Waals surface area (Å²) in [7, 11) is 0. The molecule has 1 aliphatic heterocycles. The zero-order valence-electron chi connectivity index (χ0n) is 10.7. The predicted octanol–water partition coefficient (Wildman–Crippen LogP) is 1.84. The summed E-state index contributed by atoms with van der Waals surface area (Å²) < 4.78 is 0. The van der Waals surface area contributed by atoms with Crippen LogP contribution >= 0.6 is 23.5 Å². The van der Waals surface area contributed by atoms with Gasteiger partial charge in [0.2, 0.25) is 5.91 Å². The van der Waals surface area contributed by atoms with Crippen LogP contribution in [0.25, 0.3) is 0 Å². The van der Waals surface area contributed by atoms with Crippen molar-refractivity contribution in [1.82, 2.24) is 5.32 Å². The molecular weight excluding hydrogens is 270 g/mol. The minimum atomic E-state index is -0.934. The Morgan fingerprint density at radius 1 is 1.44 bits per heavy atom. The van der Waals surface area contributed by atoms with E-state index >= 15 is 0 Å². The molecule has 1 aliphatic rings. The fourth-order valence-electron chi connectivity index (χ4n) is 1.96. The molecule has 2 N–H and O–H groups in total. The number of nitrogens with one attached hydrogen (secondary N) is 1. The third-order valence-corrected chi connectivity index (χ3v) is 4.75. The van der Waals surface area contributed by atoms with Crippen LogP contribution in [0.5, 0.6) is 0 Å². The Labute approximate surface area is 117 Å².